The lowest BCUT2D eigenvalue weighted by atomic mass is 9.70. The summed E-state index contributed by atoms with van der Waals surface area (Å²) in [5.74, 6) is 2.61. The van der Waals surface area contributed by atoms with Gasteiger partial charge in [-0.15, -0.1) is 0 Å². The highest BCUT2D eigenvalue weighted by Gasteiger charge is 2.33. The van der Waals surface area contributed by atoms with Crippen LogP contribution in [0.25, 0.3) is 0 Å². The molecule has 0 aromatic heterocycles. The molecule has 1 aromatic rings. The minimum atomic E-state index is -3.67. The largest absolute Gasteiger partial charge is 0.497 e. The predicted molar refractivity (Wildman–Crippen MR) is 87.1 cm³/mol. The molecule has 2 aliphatic rings. The Morgan fingerprint density at radius 1 is 1.36 bits per heavy atom. The second-order valence-electron chi connectivity index (χ2n) is 6.25. The summed E-state index contributed by atoms with van der Waals surface area (Å²) in [6, 6.07) is 7.30. The predicted octanol–water partition coefficient (Wildman–Crippen LogP) is 2.23. The fourth-order valence-corrected chi connectivity index (χ4v) is 3.46. The highest BCUT2D eigenvalue weighted by Crippen LogP contribution is 2.41. The first-order valence-corrected chi connectivity index (χ1v) is 9.45. The number of aryl methyl sites for hydroxylation is 1. The van der Waals surface area contributed by atoms with Crippen molar-refractivity contribution < 1.29 is 17.7 Å². The molecule has 3 rings (SSSR count). The van der Waals surface area contributed by atoms with E-state index in [-0.39, 0.29) is 0 Å². The van der Waals surface area contributed by atoms with E-state index in [2.05, 4.69) is 30.4 Å². The third-order valence-corrected chi connectivity index (χ3v) is 4.44. The van der Waals surface area contributed by atoms with Crippen LogP contribution in [0, 0.1) is 5.92 Å². The van der Waals surface area contributed by atoms with Crippen LogP contribution in [-0.2, 0) is 16.5 Å². The van der Waals surface area contributed by atoms with Crippen molar-refractivity contribution in [2.75, 3.05) is 19.9 Å². The molecule has 0 radical (unpaired) electrons. The SMILES string of the molecule is COc1ccc2c(c1)CCC1CNC(C)CC21.CS(=O)(=O)O. The molecule has 5 nitrogen and oxygen atoms in total. The normalized spacial score (nSPS) is 27.0. The molecule has 3 unspecified atom stereocenters. The van der Waals surface area contributed by atoms with Crippen molar-refractivity contribution in [3.05, 3.63) is 29.3 Å². The second-order valence-corrected chi connectivity index (χ2v) is 7.71. The molecule has 1 saturated heterocycles. The summed E-state index contributed by atoms with van der Waals surface area (Å²) in [5, 5.41) is 3.61. The van der Waals surface area contributed by atoms with Gasteiger partial charge in [-0.3, -0.25) is 4.55 Å². The summed E-state index contributed by atoms with van der Waals surface area (Å²) in [5.41, 5.74) is 3.09. The number of hydrogen-bond acceptors (Lipinski definition) is 4. The van der Waals surface area contributed by atoms with Crippen LogP contribution in [0.4, 0.5) is 0 Å². The highest BCUT2D eigenvalue weighted by atomic mass is 32.2. The Hall–Kier alpha value is -1.11. The molecule has 2 N–H and O–H groups in total. The zero-order valence-electron chi connectivity index (χ0n) is 13.4. The first-order chi connectivity index (χ1) is 10.3. The number of benzene rings is 1. The summed E-state index contributed by atoms with van der Waals surface area (Å²) in [4.78, 5) is 0. The first kappa shape index (κ1) is 17.2. The zero-order valence-corrected chi connectivity index (χ0v) is 14.2. The van der Waals surface area contributed by atoms with Gasteiger partial charge in [0.15, 0.2) is 0 Å². The van der Waals surface area contributed by atoms with Crippen molar-refractivity contribution in [3.63, 3.8) is 0 Å². The van der Waals surface area contributed by atoms with Gasteiger partial charge in [-0.05, 0) is 67.8 Å². The van der Waals surface area contributed by atoms with E-state index < -0.39 is 10.1 Å². The zero-order chi connectivity index (χ0) is 16.3. The van der Waals surface area contributed by atoms with Gasteiger partial charge < -0.3 is 10.1 Å². The van der Waals surface area contributed by atoms with E-state index in [1.165, 1.54) is 31.4 Å². The highest BCUT2D eigenvalue weighted by molar-refractivity contribution is 7.85. The van der Waals surface area contributed by atoms with Crippen molar-refractivity contribution in [3.8, 4) is 5.75 Å². The van der Waals surface area contributed by atoms with Crippen molar-refractivity contribution in [1.82, 2.24) is 5.32 Å². The molecule has 1 aromatic carbocycles. The lowest BCUT2D eigenvalue weighted by Crippen LogP contribution is -2.43. The van der Waals surface area contributed by atoms with Crippen molar-refractivity contribution >= 4 is 10.1 Å². The molecule has 0 saturated carbocycles. The van der Waals surface area contributed by atoms with Gasteiger partial charge in [0.05, 0.1) is 13.4 Å². The minimum Gasteiger partial charge on any atom is -0.497 e. The van der Waals surface area contributed by atoms with E-state index in [1.807, 2.05) is 0 Å². The van der Waals surface area contributed by atoms with E-state index in [0.717, 1.165) is 17.6 Å². The molecular formula is C16H25NO4S. The second kappa shape index (κ2) is 6.98. The maximum Gasteiger partial charge on any atom is 0.261 e. The average molecular weight is 327 g/mol. The van der Waals surface area contributed by atoms with Gasteiger partial charge in [0.25, 0.3) is 10.1 Å². The summed E-state index contributed by atoms with van der Waals surface area (Å²) < 4.78 is 31.2. The number of rotatable bonds is 1. The third-order valence-electron chi connectivity index (χ3n) is 4.44. The molecule has 1 aliphatic carbocycles. The van der Waals surface area contributed by atoms with Crippen molar-refractivity contribution in [1.29, 1.82) is 0 Å². The average Bonchev–Trinajstić information content (AvgIpc) is 2.44. The Morgan fingerprint density at radius 2 is 2.05 bits per heavy atom. The number of piperidine rings is 1. The van der Waals surface area contributed by atoms with Crippen molar-refractivity contribution in [2.45, 2.75) is 38.1 Å². The Bertz CT molecular complexity index is 607. The Labute approximate surface area is 132 Å². The van der Waals surface area contributed by atoms with E-state index in [9.17, 15) is 8.42 Å². The molecule has 124 valence electrons. The van der Waals surface area contributed by atoms with Crippen LogP contribution in [0.3, 0.4) is 0 Å². The van der Waals surface area contributed by atoms with Crippen molar-refractivity contribution in [2.24, 2.45) is 5.92 Å². The topological polar surface area (TPSA) is 75.6 Å². The molecule has 1 fully saturated rings. The molecule has 1 aliphatic heterocycles. The molecular weight excluding hydrogens is 302 g/mol. The number of ether oxygens (including phenoxy) is 1. The Kier molecular flexibility index (Phi) is 5.47. The molecule has 22 heavy (non-hydrogen) atoms. The van der Waals surface area contributed by atoms with E-state index >= 15 is 0 Å². The monoisotopic (exact) mass is 327 g/mol. The quantitative estimate of drug-likeness (QED) is 0.774. The summed E-state index contributed by atoms with van der Waals surface area (Å²) in [7, 11) is -1.92. The van der Waals surface area contributed by atoms with Crippen LogP contribution in [0.15, 0.2) is 18.2 Å². The maximum absolute atomic E-state index is 9.19. The molecule has 1 heterocycles. The standard InChI is InChI=1S/C15H21NO.CH4O3S/c1-10-7-15-12(9-16-10)4-3-11-8-13(17-2)5-6-14(11)15;1-5(2,3)4/h5-6,8,10,12,15-16H,3-4,7,9H2,1-2H3;1H3,(H,2,3,4). The fourth-order valence-electron chi connectivity index (χ4n) is 3.46. The summed E-state index contributed by atoms with van der Waals surface area (Å²) in [6.07, 6.45) is 4.53. The van der Waals surface area contributed by atoms with E-state index in [1.54, 1.807) is 12.7 Å². The number of methoxy groups -OCH3 is 1. The van der Waals surface area contributed by atoms with E-state index in [0.29, 0.717) is 12.3 Å². The van der Waals surface area contributed by atoms with Gasteiger partial charge in [0.1, 0.15) is 5.75 Å². The minimum absolute atomic E-state index is 0.657. The lowest BCUT2D eigenvalue weighted by molar-refractivity contribution is 0.253. The van der Waals surface area contributed by atoms with Gasteiger partial charge in [-0.2, -0.15) is 8.42 Å². The number of nitrogens with one attached hydrogen (secondary N) is 1. The maximum atomic E-state index is 9.19. The van der Waals surface area contributed by atoms with Crippen LogP contribution < -0.4 is 10.1 Å². The fraction of sp³-hybridized carbons (Fsp3) is 0.625. The van der Waals surface area contributed by atoms with Gasteiger partial charge >= 0.3 is 0 Å². The van der Waals surface area contributed by atoms with Crippen LogP contribution >= 0.6 is 0 Å². The van der Waals surface area contributed by atoms with Gasteiger partial charge in [-0.1, -0.05) is 6.07 Å². The Balaban J connectivity index is 0.000000309. The van der Waals surface area contributed by atoms with Crippen LogP contribution in [-0.4, -0.2) is 38.9 Å². The molecule has 3 atom stereocenters. The lowest BCUT2D eigenvalue weighted by Gasteiger charge is -2.40. The van der Waals surface area contributed by atoms with Crippen LogP contribution in [0.2, 0.25) is 0 Å². The number of fused-ring (bicyclic) bond motifs is 3. The number of hydrogen-bond donors (Lipinski definition) is 2. The van der Waals surface area contributed by atoms with Crippen LogP contribution in [0.5, 0.6) is 5.75 Å². The summed E-state index contributed by atoms with van der Waals surface area (Å²) >= 11 is 0. The first-order valence-electron chi connectivity index (χ1n) is 7.60. The smallest absolute Gasteiger partial charge is 0.261 e. The molecule has 0 amide bonds. The van der Waals surface area contributed by atoms with Gasteiger partial charge in [-0.25, -0.2) is 0 Å². The van der Waals surface area contributed by atoms with Crippen LogP contribution in [0.1, 0.15) is 36.8 Å². The van der Waals surface area contributed by atoms with Gasteiger partial charge in [0, 0.05) is 6.04 Å². The third kappa shape index (κ3) is 4.69. The van der Waals surface area contributed by atoms with E-state index in [4.69, 9.17) is 9.29 Å². The summed E-state index contributed by atoms with van der Waals surface area (Å²) in [6.45, 7) is 3.49. The molecule has 0 bridgehead atoms. The molecule has 6 heteroatoms. The Morgan fingerprint density at radius 3 is 2.68 bits per heavy atom. The van der Waals surface area contributed by atoms with Gasteiger partial charge in [0.2, 0.25) is 0 Å². The molecule has 0 spiro atoms.